The summed E-state index contributed by atoms with van der Waals surface area (Å²) in [4.78, 5) is 0. The number of aromatic nitrogens is 2. The largest absolute Gasteiger partial charge is 0.173 e. The Morgan fingerprint density at radius 3 is 2.71 bits per heavy atom. The lowest BCUT2D eigenvalue weighted by molar-refractivity contribution is 1.67. The molecule has 0 atom stereocenters. The SMILES string of the molecule is Clc1cc2nsnc2c2ccccc12. The molecule has 0 aliphatic carbocycles. The summed E-state index contributed by atoms with van der Waals surface area (Å²) >= 11 is 7.35. The summed E-state index contributed by atoms with van der Waals surface area (Å²) in [7, 11) is 0. The lowest BCUT2D eigenvalue weighted by Crippen LogP contribution is -1.77. The first-order chi connectivity index (χ1) is 6.86. The third-order valence-corrected chi connectivity index (χ3v) is 3.07. The average molecular weight is 221 g/mol. The van der Waals surface area contributed by atoms with E-state index in [1.54, 1.807) is 0 Å². The summed E-state index contributed by atoms with van der Waals surface area (Å²) in [5.41, 5.74) is 1.81. The summed E-state index contributed by atoms with van der Waals surface area (Å²) in [6.45, 7) is 0. The van der Waals surface area contributed by atoms with Crippen LogP contribution in [-0.4, -0.2) is 8.75 Å². The zero-order valence-corrected chi connectivity index (χ0v) is 8.64. The highest BCUT2D eigenvalue weighted by atomic mass is 35.5. The van der Waals surface area contributed by atoms with Crippen LogP contribution in [0.15, 0.2) is 30.3 Å². The summed E-state index contributed by atoms with van der Waals surface area (Å²) in [5, 5.41) is 2.85. The quantitative estimate of drug-likeness (QED) is 0.580. The molecule has 0 aliphatic heterocycles. The first-order valence-electron chi connectivity index (χ1n) is 4.16. The fourth-order valence-electron chi connectivity index (χ4n) is 1.57. The van der Waals surface area contributed by atoms with Crippen LogP contribution in [0.2, 0.25) is 5.02 Å². The molecule has 0 bridgehead atoms. The Morgan fingerprint density at radius 2 is 1.86 bits per heavy atom. The molecule has 0 spiro atoms. The van der Waals surface area contributed by atoms with Gasteiger partial charge in [0.1, 0.15) is 11.0 Å². The van der Waals surface area contributed by atoms with E-state index in [1.807, 2.05) is 30.3 Å². The van der Waals surface area contributed by atoms with E-state index in [0.29, 0.717) is 0 Å². The van der Waals surface area contributed by atoms with Gasteiger partial charge in [0.05, 0.1) is 16.8 Å². The number of fused-ring (bicyclic) bond motifs is 3. The van der Waals surface area contributed by atoms with Gasteiger partial charge in [0.15, 0.2) is 0 Å². The Balaban J connectivity index is 2.67. The molecular weight excluding hydrogens is 216 g/mol. The van der Waals surface area contributed by atoms with Crippen molar-refractivity contribution in [3.63, 3.8) is 0 Å². The van der Waals surface area contributed by atoms with E-state index in [0.717, 1.165) is 26.8 Å². The van der Waals surface area contributed by atoms with Gasteiger partial charge >= 0.3 is 0 Å². The second-order valence-electron chi connectivity index (χ2n) is 3.04. The van der Waals surface area contributed by atoms with Gasteiger partial charge in [-0.1, -0.05) is 35.9 Å². The van der Waals surface area contributed by atoms with Crippen LogP contribution in [0.25, 0.3) is 21.8 Å². The normalized spacial score (nSPS) is 11.2. The van der Waals surface area contributed by atoms with Crippen molar-refractivity contribution in [3.05, 3.63) is 35.4 Å². The standard InChI is InChI=1S/C10H5ClN2S/c11-8-5-9-10(13-14-12-9)7-4-2-1-3-6(7)8/h1-5H. The average Bonchev–Trinajstić information content (AvgIpc) is 2.66. The number of halogens is 1. The van der Waals surface area contributed by atoms with Crippen molar-refractivity contribution >= 4 is 45.1 Å². The number of benzene rings is 2. The zero-order valence-electron chi connectivity index (χ0n) is 7.07. The second-order valence-corrected chi connectivity index (χ2v) is 3.97. The molecule has 2 aromatic carbocycles. The van der Waals surface area contributed by atoms with E-state index < -0.39 is 0 Å². The molecule has 3 aromatic rings. The molecule has 0 radical (unpaired) electrons. The number of rotatable bonds is 0. The van der Waals surface area contributed by atoms with Crippen molar-refractivity contribution in [3.8, 4) is 0 Å². The van der Waals surface area contributed by atoms with Gasteiger partial charge < -0.3 is 0 Å². The zero-order chi connectivity index (χ0) is 9.54. The maximum Gasteiger partial charge on any atom is 0.112 e. The van der Waals surface area contributed by atoms with Crippen LogP contribution in [0, 0.1) is 0 Å². The van der Waals surface area contributed by atoms with Gasteiger partial charge in [-0.2, -0.15) is 8.75 Å². The van der Waals surface area contributed by atoms with E-state index in [4.69, 9.17) is 11.6 Å². The second kappa shape index (κ2) is 2.90. The first kappa shape index (κ1) is 8.15. The molecular formula is C10H5ClN2S. The molecule has 0 N–H and O–H groups in total. The van der Waals surface area contributed by atoms with Crippen molar-refractivity contribution in [2.24, 2.45) is 0 Å². The van der Waals surface area contributed by atoms with E-state index in [-0.39, 0.29) is 0 Å². The van der Waals surface area contributed by atoms with Crippen molar-refractivity contribution in [1.29, 1.82) is 0 Å². The van der Waals surface area contributed by atoms with Gasteiger partial charge in [-0.25, -0.2) is 0 Å². The third-order valence-electron chi connectivity index (χ3n) is 2.22. The maximum absolute atomic E-state index is 6.13. The molecule has 0 saturated carbocycles. The number of nitrogens with zero attached hydrogens (tertiary/aromatic N) is 2. The van der Waals surface area contributed by atoms with Crippen molar-refractivity contribution in [2.75, 3.05) is 0 Å². The third kappa shape index (κ3) is 1.03. The van der Waals surface area contributed by atoms with E-state index in [9.17, 15) is 0 Å². The Morgan fingerprint density at radius 1 is 1.07 bits per heavy atom. The van der Waals surface area contributed by atoms with Crippen LogP contribution in [0.1, 0.15) is 0 Å². The van der Waals surface area contributed by atoms with Crippen molar-refractivity contribution in [2.45, 2.75) is 0 Å². The lowest BCUT2D eigenvalue weighted by Gasteiger charge is -1.99. The lowest BCUT2D eigenvalue weighted by atomic mass is 10.1. The molecule has 14 heavy (non-hydrogen) atoms. The summed E-state index contributed by atoms with van der Waals surface area (Å²) in [6, 6.07) is 9.83. The minimum absolute atomic E-state index is 0.737. The van der Waals surface area contributed by atoms with Crippen LogP contribution < -0.4 is 0 Å². The van der Waals surface area contributed by atoms with Crippen LogP contribution in [0.4, 0.5) is 0 Å². The van der Waals surface area contributed by atoms with Crippen LogP contribution in [0.5, 0.6) is 0 Å². The Hall–Kier alpha value is -1.19. The first-order valence-corrected chi connectivity index (χ1v) is 5.26. The van der Waals surface area contributed by atoms with E-state index >= 15 is 0 Å². The van der Waals surface area contributed by atoms with Crippen LogP contribution in [0.3, 0.4) is 0 Å². The Kier molecular flexibility index (Phi) is 1.69. The molecule has 1 aromatic heterocycles. The van der Waals surface area contributed by atoms with E-state index in [2.05, 4.69) is 8.75 Å². The fourth-order valence-corrected chi connectivity index (χ4v) is 2.38. The van der Waals surface area contributed by atoms with Crippen LogP contribution in [-0.2, 0) is 0 Å². The molecule has 0 amide bonds. The molecule has 3 rings (SSSR count). The molecule has 68 valence electrons. The minimum atomic E-state index is 0.737. The molecule has 2 nitrogen and oxygen atoms in total. The summed E-state index contributed by atoms with van der Waals surface area (Å²) < 4.78 is 8.44. The highest BCUT2D eigenvalue weighted by molar-refractivity contribution is 7.00. The predicted octanol–water partition coefficient (Wildman–Crippen LogP) is 3.50. The van der Waals surface area contributed by atoms with Crippen molar-refractivity contribution in [1.82, 2.24) is 8.75 Å². The molecule has 0 aliphatic rings. The Labute approximate surface area is 89.5 Å². The fraction of sp³-hybridized carbons (Fsp3) is 0. The van der Waals surface area contributed by atoms with Crippen LogP contribution >= 0.6 is 23.3 Å². The summed E-state index contributed by atoms with van der Waals surface area (Å²) in [5.74, 6) is 0. The summed E-state index contributed by atoms with van der Waals surface area (Å²) in [6.07, 6.45) is 0. The molecule has 0 fully saturated rings. The van der Waals surface area contributed by atoms with Gasteiger partial charge in [0.25, 0.3) is 0 Å². The molecule has 0 unspecified atom stereocenters. The Bertz CT molecular complexity index is 618. The maximum atomic E-state index is 6.13. The van der Waals surface area contributed by atoms with Gasteiger partial charge in [-0.05, 0) is 6.07 Å². The molecule has 4 heteroatoms. The topological polar surface area (TPSA) is 25.8 Å². The monoisotopic (exact) mass is 220 g/mol. The number of hydrogen-bond acceptors (Lipinski definition) is 3. The number of hydrogen-bond donors (Lipinski definition) is 0. The van der Waals surface area contributed by atoms with Crippen molar-refractivity contribution < 1.29 is 0 Å². The predicted molar refractivity (Wildman–Crippen MR) is 59.9 cm³/mol. The molecule has 1 heterocycles. The van der Waals surface area contributed by atoms with Gasteiger partial charge in [0.2, 0.25) is 0 Å². The van der Waals surface area contributed by atoms with Gasteiger partial charge in [-0.3, -0.25) is 0 Å². The minimum Gasteiger partial charge on any atom is -0.173 e. The highest BCUT2D eigenvalue weighted by Gasteiger charge is 2.06. The highest BCUT2D eigenvalue weighted by Crippen LogP contribution is 2.30. The van der Waals surface area contributed by atoms with E-state index in [1.165, 1.54) is 11.7 Å². The van der Waals surface area contributed by atoms with Gasteiger partial charge in [-0.15, -0.1) is 0 Å². The van der Waals surface area contributed by atoms with Gasteiger partial charge in [0, 0.05) is 10.8 Å². The molecule has 0 saturated heterocycles. The smallest absolute Gasteiger partial charge is 0.112 e.